The van der Waals surface area contributed by atoms with Crippen molar-refractivity contribution in [1.82, 2.24) is 5.32 Å². The number of esters is 1. The van der Waals surface area contributed by atoms with E-state index in [0.29, 0.717) is 6.61 Å². The summed E-state index contributed by atoms with van der Waals surface area (Å²) in [6.45, 7) is 4.16. The van der Waals surface area contributed by atoms with E-state index < -0.39 is 11.8 Å². The van der Waals surface area contributed by atoms with Crippen molar-refractivity contribution in [2.75, 3.05) is 19.7 Å². The highest BCUT2D eigenvalue weighted by molar-refractivity contribution is 5.89. The lowest BCUT2D eigenvalue weighted by molar-refractivity contribution is 0.0495. The van der Waals surface area contributed by atoms with Gasteiger partial charge in [0.1, 0.15) is 5.82 Å². The number of halogens is 1. The van der Waals surface area contributed by atoms with Crippen LogP contribution in [0.15, 0.2) is 24.3 Å². The Kier molecular flexibility index (Phi) is 6.25. The monoisotopic (exact) mass is 239 g/mol. The predicted molar refractivity (Wildman–Crippen MR) is 64.5 cm³/mol. The molecule has 0 aliphatic carbocycles. The van der Waals surface area contributed by atoms with Gasteiger partial charge < -0.3 is 10.1 Å². The normalized spacial score (nSPS) is 10.2. The minimum atomic E-state index is -0.599. The molecule has 0 amide bonds. The van der Waals surface area contributed by atoms with Gasteiger partial charge in [-0.3, -0.25) is 0 Å². The Morgan fingerprint density at radius 3 is 2.82 bits per heavy atom. The molecule has 4 heteroatoms. The van der Waals surface area contributed by atoms with E-state index in [2.05, 4.69) is 12.2 Å². The largest absolute Gasteiger partial charge is 0.462 e. The zero-order valence-electron chi connectivity index (χ0n) is 10.0. The molecule has 1 rings (SSSR count). The van der Waals surface area contributed by atoms with Crippen LogP contribution in [0.4, 0.5) is 4.39 Å². The first-order valence-electron chi connectivity index (χ1n) is 5.88. The van der Waals surface area contributed by atoms with Crippen LogP contribution in [0.2, 0.25) is 0 Å². The number of carbonyl (C=O) groups is 1. The van der Waals surface area contributed by atoms with Gasteiger partial charge in [-0.2, -0.15) is 0 Å². The fourth-order valence-electron chi connectivity index (χ4n) is 1.37. The summed E-state index contributed by atoms with van der Waals surface area (Å²) in [4.78, 5) is 11.5. The standard InChI is InChI=1S/C13H18FNO2/c1-2-8-15-9-5-10-17-13(16)11-6-3-4-7-12(11)14/h3-4,6-7,15H,2,5,8-10H2,1H3. The van der Waals surface area contributed by atoms with E-state index in [0.717, 1.165) is 25.9 Å². The number of ether oxygens (including phenoxy) is 1. The zero-order valence-corrected chi connectivity index (χ0v) is 10.0. The molecular formula is C13H18FNO2. The van der Waals surface area contributed by atoms with Crippen LogP contribution in [-0.4, -0.2) is 25.7 Å². The molecular weight excluding hydrogens is 221 g/mol. The molecule has 3 nitrogen and oxygen atoms in total. The van der Waals surface area contributed by atoms with Crippen molar-refractivity contribution in [3.8, 4) is 0 Å². The molecule has 1 aromatic carbocycles. The summed E-state index contributed by atoms with van der Waals surface area (Å²) in [5.74, 6) is -1.14. The average molecular weight is 239 g/mol. The van der Waals surface area contributed by atoms with E-state index >= 15 is 0 Å². The van der Waals surface area contributed by atoms with Crippen LogP contribution in [0, 0.1) is 5.82 Å². The van der Waals surface area contributed by atoms with Gasteiger partial charge in [0.25, 0.3) is 0 Å². The number of rotatable bonds is 7. The van der Waals surface area contributed by atoms with Gasteiger partial charge in [-0.25, -0.2) is 9.18 Å². The Morgan fingerprint density at radius 2 is 2.12 bits per heavy atom. The van der Waals surface area contributed by atoms with Crippen molar-refractivity contribution < 1.29 is 13.9 Å². The highest BCUT2D eigenvalue weighted by Gasteiger charge is 2.11. The first kappa shape index (κ1) is 13.6. The molecule has 0 spiro atoms. The fraction of sp³-hybridized carbons (Fsp3) is 0.462. The van der Waals surface area contributed by atoms with E-state index in [1.165, 1.54) is 12.1 Å². The van der Waals surface area contributed by atoms with Gasteiger partial charge in [-0.1, -0.05) is 19.1 Å². The third-order valence-electron chi connectivity index (χ3n) is 2.25. The van der Waals surface area contributed by atoms with Crippen molar-refractivity contribution in [1.29, 1.82) is 0 Å². The smallest absolute Gasteiger partial charge is 0.341 e. The van der Waals surface area contributed by atoms with Crippen molar-refractivity contribution >= 4 is 5.97 Å². The van der Waals surface area contributed by atoms with Crippen LogP contribution in [0.1, 0.15) is 30.1 Å². The number of carbonyl (C=O) groups excluding carboxylic acids is 1. The Labute approximate surface area is 101 Å². The quantitative estimate of drug-likeness (QED) is 0.586. The first-order chi connectivity index (χ1) is 8.25. The molecule has 0 saturated heterocycles. The third-order valence-corrected chi connectivity index (χ3v) is 2.25. The van der Waals surface area contributed by atoms with E-state index in [-0.39, 0.29) is 5.56 Å². The summed E-state index contributed by atoms with van der Waals surface area (Å²) in [6, 6.07) is 5.83. The topological polar surface area (TPSA) is 38.3 Å². The molecule has 0 heterocycles. The van der Waals surface area contributed by atoms with Crippen molar-refractivity contribution in [3.05, 3.63) is 35.6 Å². The van der Waals surface area contributed by atoms with Gasteiger partial charge in [0.05, 0.1) is 12.2 Å². The van der Waals surface area contributed by atoms with Crippen LogP contribution in [0.5, 0.6) is 0 Å². The molecule has 0 aliphatic heterocycles. The lowest BCUT2D eigenvalue weighted by atomic mass is 10.2. The van der Waals surface area contributed by atoms with Gasteiger partial charge >= 0.3 is 5.97 Å². The maximum Gasteiger partial charge on any atom is 0.341 e. The molecule has 1 N–H and O–H groups in total. The van der Waals surface area contributed by atoms with E-state index in [1.54, 1.807) is 12.1 Å². The van der Waals surface area contributed by atoms with Crippen molar-refractivity contribution in [2.45, 2.75) is 19.8 Å². The van der Waals surface area contributed by atoms with Gasteiger partial charge in [0.2, 0.25) is 0 Å². The van der Waals surface area contributed by atoms with Gasteiger partial charge in [-0.15, -0.1) is 0 Å². The molecule has 0 unspecified atom stereocenters. The molecule has 0 fully saturated rings. The lowest BCUT2D eigenvalue weighted by Crippen LogP contribution is -2.18. The summed E-state index contributed by atoms with van der Waals surface area (Å²) in [5, 5.41) is 3.19. The Hall–Kier alpha value is -1.42. The minimum absolute atomic E-state index is 0.00554. The van der Waals surface area contributed by atoms with E-state index in [1.807, 2.05) is 0 Å². The van der Waals surface area contributed by atoms with Gasteiger partial charge in [-0.05, 0) is 38.1 Å². The fourth-order valence-corrected chi connectivity index (χ4v) is 1.37. The molecule has 0 aromatic heterocycles. The average Bonchev–Trinajstić information content (AvgIpc) is 2.34. The number of benzene rings is 1. The Bertz CT molecular complexity index is 355. The number of nitrogens with one attached hydrogen (secondary N) is 1. The molecule has 0 saturated carbocycles. The molecule has 0 aliphatic rings. The first-order valence-corrected chi connectivity index (χ1v) is 5.88. The van der Waals surface area contributed by atoms with Crippen LogP contribution in [0.25, 0.3) is 0 Å². The summed E-state index contributed by atoms with van der Waals surface area (Å²) in [6.07, 6.45) is 1.81. The Balaban J connectivity index is 2.24. The second kappa shape index (κ2) is 7.79. The molecule has 0 radical (unpaired) electrons. The van der Waals surface area contributed by atoms with Gasteiger partial charge in [0.15, 0.2) is 0 Å². The third kappa shape index (κ3) is 4.95. The summed E-state index contributed by atoms with van der Waals surface area (Å²) in [5.41, 5.74) is -0.00554. The molecule has 0 bridgehead atoms. The van der Waals surface area contributed by atoms with E-state index in [4.69, 9.17) is 4.74 Å². The van der Waals surface area contributed by atoms with Crippen LogP contribution in [0.3, 0.4) is 0 Å². The lowest BCUT2D eigenvalue weighted by Gasteiger charge is -2.06. The Morgan fingerprint density at radius 1 is 1.35 bits per heavy atom. The molecule has 1 aromatic rings. The van der Waals surface area contributed by atoms with Crippen molar-refractivity contribution in [2.24, 2.45) is 0 Å². The summed E-state index contributed by atoms with van der Waals surface area (Å²) >= 11 is 0. The highest BCUT2D eigenvalue weighted by Crippen LogP contribution is 2.07. The molecule has 0 atom stereocenters. The van der Waals surface area contributed by atoms with Crippen LogP contribution < -0.4 is 5.32 Å². The van der Waals surface area contributed by atoms with Crippen LogP contribution in [-0.2, 0) is 4.74 Å². The second-order valence-electron chi connectivity index (χ2n) is 3.72. The number of hydrogen-bond acceptors (Lipinski definition) is 3. The summed E-state index contributed by atoms with van der Waals surface area (Å²) in [7, 11) is 0. The summed E-state index contributed by atoms with van der Waals surface area (Å²) < 4.78 is 18.2. The van der Waals surface area contributed by atoms with Gasteiger partial charge in [0, 0.05) is 0 Å². The minimum Gasteiger partial charge on any atom is -0.462 e. The highest BCUT2D eigenvalue weighted by atomic mass is 19.1. The second-order valence-corrected chi connectivity index (χ2v) is 3.72. The van der Waals surface area contributed by atoms with E-state index in [9.17, 15) is 9.18 Å². The molecule has 94 valence electrons. The maximum absolute atomic E-state index is 13.2. The predicted octanol–water partition coefficient (Wildman–Crippen LogP) is 2.37. The molecule has 17 heavy (non-hydrogen) atoms. The maximum atomic E-state index is 13.2. The number of hydrogen-bond donors (Lipinski definition) is 1. The SMILES string of the molecule is CCCNCCCOC(=O)c1ccccc1F. The van der Waals surface area contributed by atoms with Crippen LogP contribution >= 0.6 is 0 Å². The zero-order chi connectivity index (χ0) is 12.5. The van der Waals surface area contributed by atoms with Crippen molar-refractivity contribution in [3.63, 3.8) is 0 Å².